The summed E-state index contributed by atoms with van der Waals surface area (Å²) in [6.45, 7) is 9.42. The summed E-state index contributed by atoms with van der Waals surface area (Å²) in [6.07, 6.45) is 0.851. The zero-order valence-electron chi connectivity index (χ0n) is 13.4. The van der Waals surface area contributed by atoms with Crippen LogP contribution >= 0.6 is 0 Å². The molecule has 0 radical (unpaired) electrons. The number of carbonyl (C=O) groups is 2. The summed E-state index contributed by atoms with van der Waals surface area (Å²) in [7, 11) is 0. The van der Waals surface area contributed by atoms with Crippen LogP contribution in [0.1, 0.15) is 40.0 Å². The van der Waals surface area contributed by atoms with Crippen molar-refractivity contribution in [3.05, 3.63) is 12.2 Å². The lowest BCUT2D eigenvalue weighted by molar-refractivity contribution is -0.150. The van der Waals surface area contributed by atoms with Gasteiger partial charge in [-0.15, -0.1) is 0 Å². The molecular formula is C17H24O5. The van der Waals surface area contributed by atoms with Crippen LogP contribution in [-0.2, 0) is 19.1 Å². The number of esters is 2. The first kappa shape index (κ1) is 15.5. The van der Waals surface area contributed by atoms with Gasteiger partial charge in [-0.05, 0) is 18.8 Å². The molecule has 0 amide bonds. The van der Waals surface area contributed by atoms with Gasteiger partial charge in [0, 0.05) is 36.2 Å². The van der Waals surface area contributed by atoms with Crippen LogP contribution in [0.25, 0.3) is 0 Å². The molecule has 0 aromatic rings. The van der Waals surface area contributed by atoms with E-state index in [1.165, 1.54) is 6.92 Å². The number of fused-ring (bicyclic) bond motifs is 2. The normalized spacial score (nSPS) is 47.5. The maximum atomic E-state index is 11.8. The standard InChI is InChI=1S/C17H24O5/c1-8-5-12-11(9(2)16(20)22-12)7-17(4)14(19)6-13(15(8)17)21-10(3)18/h8,11-15,19H,2,5-7H2,1,3-4H3/t8-,11-,12-,13+,14-,15-,17-/m1/s1. The Morgan fingerprint density at radius 2 is 2.14 bits per heavy atom. The zero-order chi connectivity index (χ0) is 16.2. The highest BCUT2D eigenvalue weighted by Gasteiger charge is 2.60. The van der Waals surface area contributed by atoms with Crippen LogP contribution in [0.2, 0.25) is 0 Å². The minimum Gasteiger partial charge on any atom is -0.462 e. The van der Waals surface area contributed by atoms with Crippen molar-refractivity contribution in [3.63, 3.8) is 0 Å². The lowest BCUT2D eigenvalue weighted by Crippen LogP contribution is -2.38. The summed E-state index contributed by atoms with van der Waals surface area (Å²) < 4.78 is 10.9. The van der Waals surface area contributed by atoms with Gasteiger partial charge in [0.2, 0.25) is 0 Å². The third kappa shape index (κ3) is 2.18. The number of carbonyl (C=O) groups excluding carboxylic acids is 2. The summed E-state index contributed by atoms with van der Waals surface area (Å²) in [5.41, 5.74) is 0.123. The van der Waals surface area contributed by atoms with E-state index >= 15 is 0 Å². The molecule has 0 bridgehead atoms. The Kier molecular flexibility index (Phi) is 3.59. The molecule has 5 heteroatoms. The van der Waals surface area contributed by atoms with Crippen LogP contribution in [0, 0.1) is 23.2 Å². The molecule has 22 heavy (non-hydrogen) atoms. The SMILES string of the molecule is C=C1C(=O)O[C@@H]2C[C@@H](C)[C@@H]3[C@@H](OC(C)=O)C[C@@H](O)[C@@]3(C)C[C@H]12. The smallest absolute Gasteiger partial charge is 0.334 e. The fourth-order valence-corrected chi connectivity index (χ4v) is 5.03. The van der Waals surface area contributed by atoms with Crippen LogP contribution in [0.3, 0.4) is 0 Å². The molecule has 122 valence electrons. The fourth-order valence-electron chi connectivity index (χ4n) is 5.03. The Morgan fingerprint density at radius 3 is 2.77 bits per heavy atom. The van der Waals surface area contributed by atoms with Crippen LogP contribution in [0.15, 0.2) is 12.2 Å². The van der Waals surface area contributed by atoms with E-state index in [-0.39, 0.29) is 41.9 Å². The molecule has 3 fully saturated rings. The van der Waals surface area contributed by atoms with E-state index in [1.807, 2.05) is 6.92 Å². The lowest BCUT2D eigenvalue weighted by Gasteiger charge is -2.38. The van der Waals surface area contributed by atoms with Gasteiger partial charge in [-0.2, -0.15) is 0 Å². The Hall–Kier alpha value is -1.36. The van der Waals surface area contributed by atoms with E-state index in [2.05, 4.69) is 13.5 Å². The van der Waals surface area contributed by atoms with Gasteiger partial charge in [0.1, 0.15) is 12.2 Å². The van der Waals surface area contributed by atoms with Crippen LogP contribution in [0.4, 0.5) is 0 Å². The third-order valence-electron chi connectivity index (χ3n) is 5.99. The molecular weight excluding hydrogens is 284 g/mol. The Balaban J connectivity index is 1.94. The van der Waals surface area contributed by atoms with Crippen LogP contribution in [-0.4, -0.2) is 35.4 Å². The van der Waals surface area contributed by atoms with E-state index in [0.717, 1.165) is 6.42 Å². The molecule has 7 atom stereocenters. The van der Waals surface area contributed by atoms with Crippen molar-refractivity contribution in [2.75, 3.05) is 0 Å². The summed E-state index contributed by atoms with van der Waals surface area (Å²) in [4.78, 5) is 23.2. The quantitative estimate of drug-likeness (QED) is 0.591. The molecule has 3 aliphatic rings. The van der Waals surface area contributed by atoms with Crippen molar-refractivity contribution in [2.45, 2.75) is 58.3 Å². The van der Waals surface area contributed by atoms with E-state index in [1.54, 1.807) is 0 Å². The molecule has 0 spiro atoms. The topological polar surface area (TPSA) is 72.8 Å². The second-order valence-electron chi connectivity index (χ2n) is 7.42. The highest BCUT2D eigenvalue weighted by atomic mass is 16.6. The summed E-state index contributed by atoms with van der Waals surface area (Å²) in [5.74, 6) is -0.401. The van der Waals surface area contributed by atoms with Crippen molar-refractivity contribution in [3.8, 4) is 0 Å². The van der Waals surface area contributed by atoms with Gasteiger partial charge in [-0.3, -0.25) is 4.79 Å². The molecule has 0 aromatic heterocycles. The monoisotopic (exact) mass is 308 g/mol. The van der Waals surface area contributed by atoms with Gasteiger partial charge in [0.25, 0.3) is 0 Å². The minimum atomic E-state index is -0.549. The molecule has 1 aliphatic heterocycles. The largest absolute Gasteiger partial charge is 0.462 e. The second-order valence-corrected chi connectivity index (χ2v) is 7.42. The predicted octanol–water partition coefficient (Wildman–Crippen LogP) is 1.83. The minimum absolute atomic E-state index is 0.0457. The van der Waals surface area contributed by atoms with Gasteiger partial charge in [0.05, 0.1) is 6.10 Å². The average molecular weight is 308 g/mol. The summed E-state index contributed by atoms with van der Waals surface area (Å²) in [6, 6.07) is 0. The second kappa shape index (κ2) is 5.08. The van der Waals surface area contributed by atoms with Crippen molar-refractivity contribution in [1.29, 1.82) is 0 Å². The van der Waals surface area contributed by atoms with Crippen LogP contribution in [0.5, 0.6) is 0 Å². The zero-order valence-corrected chi connectivity index (χ0v) is 13.4. The molecule has 2 aliphatic carbocycles. The maximum Gasteiger partial charge on any atom is 0.334 e. The number of aliphatic hydroxyl groups is 1. The molecule has 3 rings (SSSR count). The van der Waals surface area contributed by atoms with Crippen molar-refractivity contribution < 1.29 is 24.2 Å². The van der Waals surface area contributed by atoms with Gasteiger partial charge in [-0.25, -0.2) is 4.79 Å². The Bertz CT molecular complexity index is 527. The number of rotatable bonds is 1. The molecule has 0 unspecified atom stereocenters. The summed E-state index contributed by atoms with van der Waals surface area (Å²) >= 11 is 0. The fraction of sp³-hybridized carbons (Fsp3) is 0.765. The molecule has 5 nitrogen and oxygen atoms in total. The van der Waals surface area contributed by atoms with E-state index in [0.29, 0.717) is 18.4 Å². The highest BCUT2D eigenvalue weighted by molar-refractivity contribution is 5.90. The van der Waals surface area contributed by atoms with E-state index in [4.69, 9.17) is 9.47 Å². The highest BCUT2D eigenvalue weighted by Crippen LogP contribution is 2.57. The Morgan fingerprint density at radius 1 is 1.45 bits per heavy atom. The lowest BCUT2D eigenvalue weighted by atomic mass is 9.69. The molecule has 0 aromatic carbocycles. The maximum absolute atomic E-state index is 11.8. The predicted molar refractivity (Wildman–Crippen MR) is 78.7 cm³/mol. The van der Waals surface area contributed by atoms with Gasteiger partial charge in [-0.1, -0.05) is 20.4 Å². The molecule has 1 saturated heterocycles. The van der Waals surface area contributed by atoms with Crippen molar-refractivity contribution >= 4 is 11.9 Å². The summed E-state index contributed by atoms with van der Waals surface area (Å²) in [5, 5.41) is 10.6. The molecule has 2 saturated carbocycles. The average Bonchev–Trinajstić information content (AvgIpc) is 2.73. The molecule has 1 N–H and O–H groups in total. The Labute approximate surface area is 130 Å². The third-order valence-corrected chi connectivity index (χ3v) is 5.99. The number of hydrogen-bond acceptors (Lipinski definition) is 5. The number of aliphatic hydroxyl groups excluding tert-OH is 1. The first-order chi connectivity index (χ1) is 10.2. The van der Waals surface area contributed by atoms with E-state index < -0.39 is 11.5 Å². The van der Waals surface area contributed by atoms with Gasteiger partial charge >= 0.3 is 11.9 Å². The van der Waals surface area contributed by atoms with E-state index in [9.17, 15) is 14.7 Å². The first-order valence-corrected chi connectivity index (χ1v) is 7.99. The van der Waals surface area contributed by atoms with Crippen molar-refractivity contribution in [2.24, 2.45) is 23.2 Å². The molecule has 1 heterocycles. The van der Waals surface area contributed by atoms with Gasteiger partial charge < -0.3 is 14.6 Å². The van der Waals surface area contributed by atoms with Gasteiger partial charge in [0.15, 0.2) is 0 Å². The first-order valence-electron chi connectivity index (χ1n) is 7.99. The number of ether oxygens (including phenoxy) is 2. The van der Waals surface area contributed by atoms with Crippen LogP contribution < -0.4 is 0 Å². The number of hydrogen-bond donors (Lipinski definition) is 1. The van der Waals surface area contributed by atoms with Crippen molar-refractivity contribution in [1.82, 2.24) is 0 Å².